The van der Waals surface area contributed by atoms with Crippen molar-refractivity contribution in [2.24, 2.45) is 0 Å². The van der Waals surface area contributed by atoms with Crippen molar-refractivity contribution in [3.8, 4) is 0 Å². The van der Waals surface area contributed by atoms with Crippen LogP contribution in [-0.4, -0.2) is 32.3 Å². The van der Waals surface area contributed by atoms with Crippen LogP contribution in [0.5, 0.6) is 0 Å². The smallest absolute Gasteiger partial charge is 0.217 e. The summed E-state index contributed by atoms with van der Waals surface area (Å²) >= 11 is 3.30. The van der Waals surface area contributed by atoms with Gasteiger partial charge in [-0.05, 0) is 28.8 Å². The lowest BCUT2D eigenvalue weighted by Gasteiger charge is -2.25. The van der Waals surface area contributed by atoms with E-state index in [0.717, 1.165) is 36.2 Å². The third-order valence-corrected chi connectivity index (χ3v) is 3.07. The minimum absolute atomic E-state index is 0.722. The average Bonchev–Trinajstić information content (AvgIpc) is 2.87. The van der Waals surface area contributed by atoms with Crippen LogP contribution in [0.15, 0.2) is 4.73 Å². The van der Waals surface area contributed by atoms with Crippen molar-refractivity contribution >= 4 is 15.9 Å². The van der Waals surface area contributed by atoms with E-state index in [4.69, 9.17) is 0 Å². The highest BCUT2D eigenvalue weighted by Gasteiger charge is 2.32. The summed E-state index contributed by atoms with van der Waals surface area (Å²) in [5, 5.41) is 4.26. The van der Waals surface area contributed by atoms with Crippen LogP contribution < -0.4 is 0 Å². The van der Waals surface area contributed by atoms with Crippen LogP contribution in [0.4, 0.5) is 0 Å². The largest absolute Gasteiger partial charge is 0.291 e. The monoisotopic (exact) mass is 242 g/mol. The summed E-state index contributed by atoms with van der Waals surface area (Å²) in [6, 6.07) is 0.837. The maximum atomic E-state index is 4.34. The number of fused-ring (bicyclic) bond motifs is 1. The zero-order valence-electron chi connectivity index (χ0n) is 7.28. The molecule has 1 aromatic rings. The molecule has 2 heterocycles. The van der Waals surface area contributed by atoms with E-state index in [-0.39, 0.29) is 0 Å². The summed E-state index contributed by atoms with van der Waals surface area (Å²) in [6.45, 7) is 3.10. The minimum atomic E-state index is 0.722. The number of hydrogen-bond acceptors (Lipinski definition) is 3. The molecule has 0 saturated heterocycles. The van der Waals surface area contributed by atoms with Gasteiger partial charge in [0, 0.05) is 12.6 Å². The molecular formula is C8H11BrN4. The molecule has 13 heavy (non-hydrogen) atoms. The third kappa shape index (κ3) is 1.40. The Bertz CT molecular complexity index is 331. The molecule has 1 aliphatic heterocycles. The highest BCUT2D eigenvalue weighted by Crippen LogP contribution is 2.29. The van der Waals surface area contributed by atoms with Crippen molar-refractivity contribution in [2.45, 2.75) is 32.0 Å². The van der Waals surface area contributed by atoms with Gasteiger partial charge in [-0.15, -0.1) is 5.10 Å². The Hall–Kier alpha value is -0.420. The van der Waals surface area contributed by atoms with Crippen LogP contribution in [0, 0.1) is 0 Å². The summed E-state index contributed by atoms with van der Waals surface area (Å²) < 4.78 is 2.73. The fourth-order valence-corrected chi connectivity index (χ4v) is 2.27. The zero-order chi connectivity index (χ0) is 8.84. The first-order chi connectivity index (χ1) is 6.33. The first kappa shape index (κ1) is 7.94. The molecule has 4 nitrogen and oxygen atoms in total. The van der Waals surface area contributed by atoms with Gasteiger partial charge in [0.05, 0.1) is 13.1 Å². The van der Waals surface area contributed by atoms with Crippen molar-refractivity contribution in [3.63, 3.8) is 0 Å². The average molecular weight is 243 g/mol. The number of hydrogen-bond donors (Lipinski definition) is 0. The van der Waals surface area contributed by atoms with Crippen molar-refractivity contribution in [1.82, 2.24) is 19.7 Å². The Morgan fingerprint density at radius 2 is 2.15 bits per heavy atom. The molecule has 0 aromatic carbocycles. The molecule has 3 rings (SSSR count). The van der Waals surface area contributed by atoms with Gasteiger partial charge in [-0.3, -0.25) is 4.90 Å². The Labute approximate surface area is 85.1 Å². The Kier molecular flexibility index (Phi) is 1.70. The molecule has 0 spiro atoms. The molecule has 0 atom stereocenters. The Balaban J connectivity index is 1.85. The van der Waals surface area contributed by atoms with Gasteiger partial charge in [0.1, 0.15) is 5.82 Å². The molecule has 0 radical (unpaired) electrons. The van der Waals surface area contributed by atoms with Gasteiger partial charge in [-0.2, -0.15) is 0 Å². The fourth-order valence-electron chi connectivity index (χ4n) is 1.88. The van der Waals surface area contributed by atoms with Crippen LogP contribution in [0.3, 0.4) is 0 Å². The van der Waals surface area contributed by atoms with Crippen molar-refractivity contribution < 1.29 is 0 Å². The van der Waals surface area contributed by atoms with Gasteiger partial charge in [0.2, 0.25) is 4.73 Å². The standard InChI is InChI=1S/C8H11BrN4/c9-8-10-7-5-12(6-1-2-6)3-4-13(7)11-8/h6H,1-5H2. The topological polar surface area (TPSA) is 34.0 Å². The van der Waals surface area contributed by atoms with Crippen LogP contribution in [0.1, 0.15) is 18.7 Å². The molecule has 2 aliphatic rings. The van der Waals surface area contributed by atoms with Crippen molar-refractivity contribution in [3.05, 3.63) is 10.6 Å². The highest BCUT2D eigenvalue weighted by atomic mass is 79.9. The molecule has 1 fully saturated rings. The summed E-state index contributed by atoms with van der Waals surface area (Å²) in [4.78, 5) is 6.85. The van der Waals surface area contributed by atoms with E-state index in [2.05, 4.69) is 30.9 Å². The maximum absolute atomic E-state index is 4.34. The number of nitrogens with zero attached hydrogens (tertiary/aromatic N) is 4. The van der Waals surface area contributed by atoms with Crippen LogP contribution >= 0.6 is 15.9 Å². The molecule has 1 aliphatic carbocycles. The van der Waals surface area contributed by atoms with Gasteiger partial charge in [0.25, 0.3) is 0 Å². The number of rotatable bonds is 1. The highest BCUT2D eigenvalue weighted by molar-refractivity contribution is 9.10. The van der Waals surface area contributed by atoms with E-state index < -0.39 is 0 Å². The predicted molar refractivity (Wildman–Crippen MR) is 51.2 cm³/mol. The van der Waals surface area contributed by atoms with Gasteiger partial charge in [-0.1, -0.05) is 0 Å². The van der Waals surface area contributed by atoms with E-state index >= 15 is 0 Å². The fraction of sp³-hybridized carbons (Fsp3) is 0.750. The number of halogens is 1. The van der Waals surface area contributed by atoms with E-state index in [1.807, 2.05) is 4.68 Å². The quantitative estimate of drug-likeness (QED) is 0.738. The van der Waals surface area contributed by atoms with E-state index in [0.29, 0.717) is 0 Å². The van der Waals surface area contributed by atoms with Gasteiger partial charge >= 0.3 is 0 Å². The summed E-state index contributed by atoms with van der Waals surface area (Å²) in [7, 11) is 0. The second-order valence-electron chi connectivity index (χ2n) is 3.72. The molecule has 1 aromatic heterocycles. The van der Waals surface area contributed by atoms with E-state index in [1.54, 1.807) is 0 Å². The molecule has 0 N–H and O–H groups in total. The Morgan fingerprint density at radius 3 is 2.92 bits per heavy atom. The SMILES string of the molecule is Brc1nc2n(n1)CCN(C1CC1)C2. The molecule has 1 saturated carbocycles. The molecule has 0 unspecified atom stereocenters. The Morgan fingerprint density at radius 1 is 1.31 bits per heavy atom. The van der Waals surface area contributed by atoms with Crippen LogP contribution in [-0.2, 0) is 13.1 Å². The summed E-state index contributed by atoms with van der Waals surface area (Å²) in [5.74, 6) is 1.10. The lowest BCUT2D eigenvalue weighted by molar-refractivity contribution is 0.200. The van der Waals surface area contributed by atoms with Gasteiger partial charge in [-0.25, -0.2) is 9.67 Å². The second kappa shape index (κ2) is 2.78. The van der Waals surface area contributed by atoms with E-state index in [1.165, 1.54) is 12.8 Å². The molecule has 5 heteroatoms. The zero-order valence-corrected chi connectivity index (χ0v) is 8.87. The lowest BCUT2D eigenvalue weighted by atomic mass is 10.3. The normalized spacial score (nSPS) is 23.2. The third-order valence-electron chi connectivity index (χ3n) is 2.73. The van der Waals surface area contributed by atoms with Crippen molar-refractivity contribution in [1.29, 1.82) is 0 Å². The maximum Gasteiger partial charge on any atom is 0.217 e. The minimum Gasteiger partial charge on any atom is -0.291 e. The van der Waals surface area contributed by atoms with Crippen LogP contribution in [0.2, 0.25) is 0 Å². The molecule has 0 bridgehead atoms. The van der Waals surface area contributed by atoms with Crippen molar-refractivity contribution in [2.75, 3.05) is 6.54 Å². The second-order valence-corrected chi connectivity index (χ2v) is 4.43. The predicted octanol–water partition coefficient (Wildman–Crippen LogP) is 1.02. The first-order valence-electron chi connectivity index (χ1n) is 4.66. The van der Waals surface area contributed by atoms with Crippen LogP contribution in [0.25, 0.3) is 0 Å². The lowest BCUT2D eigenvalue weighted by Crippen LogP contribution is -2.35. The molecular weight excluding hydrogens is 232 g/mol. The molecule has 0 amide bonds. The number of aromatic nitrogens is 3. The van der Waals surface area contributed by atoms with Gasteiger partial charge in [0.15, 0.2) is 0 Å². The molecule has 70 valence electrons. The summed E-state index contributed by atoms with van der Waals surface area (Å²) in [6.07, 6.45) is 2.74. The van der Waals surface area contributed by atoms with Gasteiger partial charge < -0.3 is 0 Å². The van der Waals surface area contributed by atoms with E-state index in [9.17, 15) is 0 Å². The summed E-state index contributed by atoms with van der Waals surface area (Å²) in [5.41, 5.74) is 0. The first-order valence-corrected chi connectivity index (χ1v) is 5.45.